The average molecular weight is 614 g/mol. The largest absolute Gasteiger partial charge is 0.389 e. The minimum absolute atomic E-state index is 0.126. The number of nitrogens with two attached hydrogens (primary N) is 1. The van der Waals surface area contributed by atoms with Gasteiger partial charge in [-0.05, 0) is 35.9 Å². The van der Waals surface area contributed by atoms with Gasteiger partial charge in [0.1, 0.15) is 25.9 Å². The van der Waals surface area contributed by atoms with Crippen molar-refractivity contribution in [1.29, 1.82) is 5.26 Å². The second-order valence-electron chi connectivity index (χ2n) is 9.86. The number of thiophene rings is 1. The second-order valence-corrected chi connectivity index (χ2v) is 13.7. The Labute approximate surface area is 239 Å². The van der Waals surface area contributed by atoms with Crippen LogP contribution in [0.2, 0.25) is 0 Å². The zero-order valence-corrected chi connectivity index (χ0v) is 24.2. The number of amides is 1. The minimum atomic E-state index is -4.85. The molecule has 0 spiro atoms. The van der Waals surface area contributed by atoms with Gasteiger partial charge in [-0.15, -0.1) is 10.2 Å². The van der Waals surface area contributed by atoms with E-state index in [-0.39, 0.29) is 37.9 Å². The van der Waals surface area contributed by atoms with E-state index in [1.807, 2.05) is 6.07 Å². The zero-order valence-electron chi connectivity index (χ0n) is 21.8. The first-order valence-electron chi connectivity index (χ1n) is 11.7. The number of nitrogens with one attached hydrogen (secondary N) is 1. The first-order chi connectivity index (χ1) is 19.0. The topological polar surface area (TPSA) is 212 Å². The molecule has 212 valence electrons. The SMILES string of the molecule is CC(C)(C)C(=O)Nc1ccc(-c2c(/N=N/c3cc(S(=O)(=O)O)c4cccc(S(=O)(=O)O)c4c3)sc(N)c2C#N)cc1. The first-order valence-corrected chi connectivity index (χ1v) is 15.4. The highest BCUT2D eigenvalue weighted by molar-refractivity contribution is 7.86. The molecule has 3 aromatic carbocycles. The predicted octanol–water partition coefficient (Wildman–Crippen LogP) is 5.92. The predicted molar refractivity (Wildman–Crippen MR) is 155 cm³/mol. The molecule has 0 aliphatic carbocycles. The van der Waals surface area contributed by atoms with E-state index in [2.05, 4.69) is 15.5 Å². The molecule has 15 heteroatoms. The highest BCUT2D eigenvalue weighted by atomic mass is 32.2. The van der Waals surface area contributed by atoms with Crippen molar-refractivity contribution >= 4 is 69.6 Å². The fraction of sp³-hybridized carbons (Fsp3) is 0.154. The molecule has 0 atom stereocenters. The van der Waals surface area contributed by atoms with Gasteiger partial charge < -0.3 is 11.1 Å². The molecule has 1 aromatic heterocycles. The Balaban J connectivity index is 1.83. The van der Waals surface area contributed by atoms with Crippen molar-refractivity contribution in [2.75, 3.05) is 11.1 Å². The molecule has 0 saturated heterocycles. The smallest absolute Gasteiger partial charge is 0.295 e. The summed E-state index contributed by atoms with van der Waals surface area (Å²) in [7, 11) is -9.61. The Bertz CT molecular complexity index is 1990. The number of fused-ring (bicyclic) bond motifs is 1. The third-order valence-electron chi connectivity index (χ3n) is 5.86. The lowest BCUT2D eigenvalue weighted by Crippen LogP contribution is -2.27. The molecular formula is C26H23N5O7S3. The third-order valence-corrected chi connectivity index (χ3v) is 8.56. The second kappa shape index (κ2) is 10.7. The Morgan fingerprint density at radius 2 is 1.59 bits per heavy atom. The Kier molecular flexibility index (Phi) is 7.74. The molecule has 4 rings (SSSR count). The van der Waals surface area contributed by atoms with E-state index in [0.29, 0.717) is 16.8 Å². The van der Waals surface area contributed by atoms with Crippen molar-refractivity contribution in [1.82, 2.24) is 0 Å². The summed E-state index contributed by atoms with van der Waals surface area (Å²) < 4.78 is 67.5. The van der Waals surface area contributed by atoms with Crippen LogP contribution in [0.25, 0.3) is 21.9 Å². The van der Waals surface area contributed by atoms with Crippen LogP contribution in [0.5, 0.6) is 0 Å². The average Bonchev–Trinajstić information content (AvgIpc) is 3.20. The standard InChI is InChI=1S/C26H23N5O7S3/c1-26(2,3)25(32)29-15-9-7-14(8-10-15)22-19(13-27)23(28)39-24(22)31-30-16-11-18-17(21(12-16)41(36,37)38)5-4-6-20(18)40(33,34)35/h4-12H,28H2,1-3H3,(H,29,32)(H,33,34,35)(H,36,37,38)/b31-30+. The van der Waals surface area contributed by atoms with E-state index in [9.17, 15) is 36.0 Å². The summed E-state index contributed by atoms with van der Waals surface area (Å²) in [5.41, 5.74) is 6.80. The summed E-state index contributed by atoms with van der Waals surface area (Å²) in [5, 5.41) is 20.7. The van der Waals surface area contributed by atoms with Crippen LogP contribution in [0.15, 0.2) is 74.6 Å². The number of nitrogens with zero attached hydrogens (tertiary/aromatic N) is 3. The number of rotatable bonds is 6. The summed E-state index contributed by atoms with van der Waals surface area (Å²) in [6, 6.07) is 14.4. The van der Waals surface area contributed by atoms with E-state index in [4.69, 9.17) is 5.73 Å². The molecule has 0 fully saturated rings. The fourth-order valence-electron chi connectivity index (χ4n) is 3.83. The summed E-state index contributed by atoms with van der Waals surface area (Å²) in [5.74, 6) is -0.186. The molecular weight excluding hydrogens is 591 g/mol. The van der Waals surface area contributed by atoms with Gasteiger partial charge in [0.15, 0.2) is 0 Å². The van der Waals surface area contributed by atoms with Crippen molar-refractivity contribution in [2.45, 2.75) is 30.6 Å². The van der Waals surface area contributed by atoms with Gasteiger partial charge in [0.05, 0.1) is 11.3 Å². The van der Waals surface area contributed by atoms with Gasteiger partial charge in [0.2, 0.25) is 5.91 Å². The Hall–Kier alpha value is -4.20. The van der Waals surface area contributed by atoms with Crippen molar-refractivity contribution in [2.24, 2.45) is 15.6 Å². The molecule has 0 unspecified atom stereocenters. The van der Waals surface area contributed by atoms with E-state index in [1.54, 1.807) is 45.0 Å². The molecule has 1 heterocycles. The molecule has 41 heavy (non-hydrogen) atoms. The van der Waals surface area contributed by atoms with E-state index >= 15 is 0 Å². The molecule has 4 aromatic rings. The fourth-order valence-corrected chi connectivity index (χ4v) is 6.12. The lowest BCUT2D eigenvalue weighted by atomic mass is 9.95. The lowest BCUT2D eigenvalue weighted by molar-refractivity contribution is -0.123. The maximum Gasteiger partial charge on any atom is 0.295 e. The molecule has 0 bridgehead atoms. The quantitative estimate of drug-likeness (QED) is 0.150. The molecule has 5 N–H and O–H groups in total. The Morgan fingerprint density at radius 3 is 2.15 bits per heavy atom. The lowest BCUT2D eigenvalue weighted by Gasteiger charge is -2.17. The summed E-state index contributed by atoms with van der Waals surface area (Å²) in [4.78, 5) is 11.1. The minimum Gasteiger partial charge on any atom is -0.389 e. The van der Waals surface area contributed by atoms with Crippen LogP contribution < -0.4 is 11.1 Å². The van der Waals surface area contributed by atoms with Crippen molar-refractivity contribution in [3.8, 4) is 17.2 Å². The van der Waals surface area contributed by atoms with Crippen LogP contribution in [-0.4, -0.2) is 31.8 Å². The van der Waals surface area contributed by atoms with Crippen LogP contribution in [0.4, 0.5) is 21.4 Å². The molecule has 0 saturated carbocycles. The van der Waals surface area contributed by atoms with Gasteiger partial charge in [0, 0.05) is 27.4 Å². The summed E-state index contributed by atoms with van der Waals surface area (Å²) >= 11 is 0.940. The number of hydrogen-bond donors (Lipinski definition) is 4. The van der Waals surface area contributed by atoms with Crippen LogP contribution in [0.3, 0.4) is 0 Å². The van der Waals surface area contributed by atoms with Gasteiger partial charge in [-0.25, -0.2) is 0 Å². The van der Waals surface area contributed by atoms with Crippen molar-refractivity contribution < 1.29 is 30.7 Å². The van der Waals surface area contributed by atoms with Crippen LogP contribution in [0, 0.1) is 16.7 Å². The highest BCUT2D eigenvalue weighted by Gasteiger charge is 2.23. The maximum atomic E-state index is 12.3. The van der Waals surface area contributed by atoms with Crippen LogP contribution in [-0.2, 0) is 25.0 Å². The number of nitrogen functional groups attached to an aromatic ring is 1. The molecule has 12 nitrogen and oxygen atoms in total. The van der Waals surface area contributed by atoms with Gasteiger partial charge in [-0.2, -0.15) is 22.1 Å². The van der Waals surface area contributed by atoms with Crippen LogP contribution >= 0.6 is 11.3 Å². The highest BCUT2D eigenvalue weighted by Crippen LogP contribution is 2.45. The van der Waals surface area contributed by atoms with Crippen molar-refractivity contribution in [3.05, 3.63) is 60.2 Å². The zero-order chi connectivity index (χ0) is 30.3. The number of azo groups is 1. The molecule has 1 amide bonds. The normalized spacial score (nSPS) is 12.5. The Morgan fingerprint density at radius 1 is 0.951 bits per heavy atom. The number of carbonyl (C=O) groups is 1. The molecule has 0 aliphatic heterocycles. The third kappa shape index (κ3) is 6.26. The van der Waals surface area contributed by atoms with Crippen molar-refractivity contribution in [3.63, 3.8) is 0 Å². The summed E-state index contributed by atoms with van der Waals surface area (Å²) in [6.45, 7) is 5.33. The number of hydrogen-bond acceptors (Lipinski definition) is 10. The number of nitriles is 1. The van der Waals surface area contributed by atoms with E-state index < -0.39 is 35.4 Å². The van der Waals surface area contributed by atoms with Gasteiger partial charge in [-0.1, -0.05) is 56.4 Å². The van der Waals surface area contributed by atoms with Gasteiger partial charge in [-0.3, -0.25) is 13.9 Å². The monoisotopic (exact) mass is 613 g/mol. The van der Waals surface area contributed by atoms with E-state index in [0.717, 1.165) is 23.5 Å². The number of benzene rings is 3. The summed E-state index contributed by atoms with van der Waals surface area (Å²) in [6.07, 6.45) is 0. The molecule has 0 aliphatic rings. The number of carbonyl (C=O) groups excluding carboxylic acids is 1. The number of anilines is 2. The molecule has 0 radical (unpaired) electrons. The van der Waals surface area contributed by atoms with E-state index in [1.165, 1.54) is 18.2 Å². The maximum absolute atomic E-state index is 12.3. The van der Waals surface area contributed by atoms with Gasteiger partial charge in [0.25, 0.3) is 20.2 Å². The van der Waals surface area contributed by atoms with Gasteiger partial charge >= 0.3 is 0 Å². The van der Waals surface area contributed by atoms with Crippen LogP contribution in [0.1, 0.15) is 26.3 Å². The first kappa shape index (κ1) is 29.8.